The molecule has 0 aliphatic carbocycles. The van der Waals surface area contributed by atoms with Crippen molar-refractivity contribution in [2.75, 3.05) is 13.2 Å². The maximum Gasteiger partial charge on any atom is 0.273 e. The zero-order valence-corrected chi connectivity index (χ0v) is 14.9. The molecule has 2 aromatic heterocycles. The van der Waals surface area contributed by atoms with Crippen LogP contribution in [0.5, 0.6) is 0 Å². The van der Waals surface area contributed by atoms with Gasteiger partial charge in [-0.15, -0.1) is 11.3 Å². The van der Waals surface area contributed by atoms with Crippen LogP contribution in [-0.2, 0) is 6.54 Å². The van der Waals surface area contributed by atoms with Crippen LogP contribution in [0.3, 0.4) is 0 Å². The van der Waals surface area contributed by atoms with E-state index in [4.69, 9.17) is 4.98 Å². The van der Waals surface area contributed by atoms with Crippen LogP contribution in [0.2, 0.25) is 0 Å². The Kier molecular flexibility index (Phi) is 4.52. The number of fused-ring (bicyclic) bond motifs is 1. The summed E-state index contributed by atoms with van der Waals surface area (Å²) < 4.78 is 1.50. The van der Waals surface area contributed by atoms with E-state index in [1.165, 1.54) is 15.9 Å². The van der Waals surface area contributed by atoms with Crippen molar-refractivity contribution >= 4 is 28.1 Å². The summed E-state index contributed by atoms with van der Waals surface area (Å²) in [5.74, 6) is 0.385. The molecule has 3 heterocycles. The number of hydrogen-bond donors (Lipinski definition) is 1. The van der Waals surface area contributed by atoms with Gasteiger partial charge in [0.25, 0.3) is 11.5 Å². The van der Waals surface area contributed by atoms with Gasteiger partial charge in [-0.3, -0.25) is 14.2 Å². The van der Waals surface area contributed by atoms with E-state index in [1.807, 2.05) is 6.07 Å². The fourth-order valence-corrected chi connectivity index (χ4v) is 4.03. The monoisotopic (exact) mass is 370 g/mol. The van der Waals surface area contributed by atoms with Crippen molar-refractivity contribution in [3.63, 3.8) is 0 Å². The van der Waals surface area contributed by atoms with Gasteiger partial charge < -0.3 is 10.0 Å². The van der Waals surface area contributed by atoms with Gasteiger partial charge in [-0.1, -0.05) is 12.1 Å². The molecule has 1 atom stereocenters. The maximum atomic E-state index is 12.9. The summed E-state index contributed by atoms with van der Waals surface area (Å²) in [7, 11) is 0. The molecule has 7 nitrogen and oxygen atoms in total. The average molecular weight is 370 g/mol. The van der Waals surface area contributed by atoms with Crippen LogP contribution in [0.1, 0.15) is 35.2 Å². The minimum atomic E-state index is -0.298. The zero-order valence-electron chi connectivity index (χ0n) is 14.0. The number of para-hydroxylation sites is 1. The molecule has 26 heavy (non-hydrogen) atoms. The average Bonchev–Trinajstić information content (AvgIpc) is 3.35. The highest BCUT2D eigenvalue weighted by atomic mass is 32.1. The van der Waals surface area contributed by atoms with Gasteiger partial charge in [-0.2, -0.15) is 0 Å². The van der Waals surface area contributed by atoms with Crippen LogP contribution in [0.15, 0.2) is 40.0 Å². The zero-order chi connectivity index (χ0) is 18.1. The standard InChI is InChI=1S/C18H18N4O3S/c23-9-8-22-16(20-13-5-2-1-4-12(13)17(22)24)15-6-3-7-21(15)18(25)14-10-26-11-19-14/h1-2,4-5,10-11,15,23H,3,6-9H2. The third-order valence-corrected chi connectivity index (χ3v) is 5.26. The lowest BCUT2D eigenvalue weighted by Crippen LogP contribution is -2.36. The van der Waals surface area contributed by atoms with Gasteiger partial charge in [0.15, 0.2) is 0 Å². The maximum absolute atomic E-state index is 12.9. The fourth-order valence-electron chi connectivity index (χ4n) is 3.50. The van der Waals surface area contributed by atoms with Crippen molar-refractivity contribution in [2.24, 2.45) is 0 Å². The largest absolute Gasteiger partial charge is 0.395 e. The van der Waals surface area contributed by atoms with Crippen LogP contribution in [-0.4, -0.2) is 43.6 Å². The predicted molar refractivity (Wildman–Crippen MR) is 98.2 cm³/mol. The molecule has 0 spiro atoms. The molecule has 1 N–H and O–H groups in total. The Hall–Kier alpha value is -2.58. The van der Waals surface area contributed by atoms with E-state index in [0.29, 0.717) is 29.0 Å². The van der Waals surface area contributed by atoms with E-state index in [9.17, 15) is 14.7 Å². The van der Waals surface area contributed by atoms with Gasteiger partial charge >= 0.3 is 0 Å². The number of aromatic nitrogens is 3. The number of aliphatic hydroxyl groups excluding tert-OH is 1. The van der Waals surface area contributed by atoms with Gasteiger partial charge in [0.05, 0.1) is 35.6 Å². The number of thiazole rings is 1. The van der Waals surface area contributed by atoms with Crippen molar-refractivity contribution in [2.45, 2.75) is 25.4 Å². The molecule has 0 bridgehead atoms. The number of likely N-dealkylation sites (tertiary alicyclic amines) is 1. The molecule has 3 aromatic rings. The van der Waals surface area contributed by atoms with Crippen molar-refractivity contribution in [3.05, 3.63) is 57.0 Å². The summed E-state index contributed by atoms with van der Waals surface area (Å²) >= 11 is 1.38. The lowest BCUT2D eigenvalue weighted by atomic mass is 10.1. The summed E-state index contributed by atoms with van der Waals surface area (Å²) in [6.45, 7) is 0.587. The Morgan fingerprint density at radius 1 is 1.35 bits per heavy atom. The topological polar surface area (TPSA) is 88.3 Å². The van der Waals surface area contributed by atoms with Crippen LogP contribution in [0.25, 0.3) is 10.9 Å². The number of nitrogens with zero attached hydrogens (tertiary/aromatic N) is 4. The molecule has 1 fully saturated rings. The number of rotatable bonds is 4. The van der Waals surface area contributed by atoms with Gasteiger partial charge in [-0.05, 0) is 25.0 Å². The van der Waals surface area contributed by atoms with Crippen LogP contribution in [0.4, 0.5) is 0 Å². The van der Waals surface area contributed by atoms with Gasteiger partial charge in [0.2, 0.25) is 0 Å². The Morgan fingerprint density at radius 2 is 2.19 bits per heavy atom. The number of carbonyl (C=O) groups is 1. The minimum absolute atomic E-state index is 0.147. The quantitative estimate of drug-likeness (QED) is 0.757. The molecule has 0 saturated carbocycles. The van der Waals surface area contributed by atoms with E-state index in [1.54, 1.807) is 34.0 Å². The summed E-state index contributed by atoms with van der Waals surface area (Å²) in [5, 5.41) is 11.7. The van der Waals surface area contributed by atoms with Crippen LogP contribution >= 0.6 is 11.3 Å². The van der Waals surface area contributed by atoms with Gasteiger partial charge in [-0.25, -0.2) is 9.97 Å². The second kappa shape index (κ2) is 6.97. The molecule has 8 heteroatoms. The number of benzene rings is 1. The first-order valence-electron chi connectivity index (χ1n) is 8.50. The van der Waals surface area contributed by atoms with Crippen molar-refractivity contribution < 1.29 is 9.90 Å². The SMILES string of the molecule is O=C(c1cscn1)N1CCCC1c1nc2ccccc2c(=O)n1CCO. The third-order valence-electron chi connectivity index (χ3n) is 4.68. The van der Waals surface area contributed by atoms with Crippen LogP contribution in [0, 0.1) is 0 Å². The highest BCUT2D eigenvalue weighted by Crippen LogP contribution is 2.32. The lowest BCUT2D eigenvalue weighted by Gasteiger charge is -2.26. The van der Waals surface area contributed by atoms with Crippen molar-refractivity contribution in [3.8, 4) is 0 Å². The molecule has 1 saturated heterocycles. The number of carbonyl (C=O) groups excluding carboxylic acids is 1. The molecular formula is C18H18N4O3S. The number of amides is 1. The molecule has 1 unspecified atom stereocenters. The first-order chi connectivity index (χ1) is 12.7. The molecule has 1 amide bonds. The minimum Gasteiger partial charge on any atom is -0.395 e. The van der Waals surface area contributed by atoms with E-state index < -0.39 is 0 Å². The van der Waals surface area contributed by atoms with E-state index in [2.05, 4.69) is 4.98 Å². The van der Waals surface area contributed by atoms with E-state index in [-0.39, 0.29) is 30.7 Å². The van der Waals surface area contributed by atoms with Crippen molar-refractivity contribution in [1.29, 1.82) is 0 Å². The van der Waals surface area contributed by atoms with Crippen LogP contribution < -0.4 is 5.56 Å². The summed E-state index contributed by atoms with van der Waals surface area (Å²) in [4.78, 5) is 36.3. The van der Waals surface area contributed by atoms with Gasteiger partial charge in [0, 0.05) is 11.9 Å². The second-order valence-electron chi connectivity index (χ2n) is 6.20. The molecule has 1 aliphatic rings. The molecule has 134 valence electrons. The highest BCUT2D eigenvalue weighted by molar-refractivity contribution is 7.07. The van der Waals surface area contributed by atoms with Crippen molar-refractivity contribution in [1.82, 2.24) is 19.4 Å². The summed E-state index contributed by atoms with van der Waals surface area (Å²) in [5.41, 5.74) is 2.47. The van der Waals surface area contributed by atoms with E-state index in [0.717, 1.165) is 12.8 Å². The molecule has 1 aliphatic heterocycles. The normalized spacial score (nSPS) is 17.1. The smallest absolute Gasteiger partial charge is 0.273 e. The molecule has 1 aromatic carbocycles. The highest BCUT2D eigenvalue weighted by Gasteiger charge is 2.34. The van der Waals surface area contributed by atoms with E-state index >= 15 is 0 Å². The first kappa shape index (κ1) is 16.9. The van der Waals surface area contributed by atoms with Gasteiger partial charge in [0.1, 0.15) is 11.5 Å². The number of aliphatic hydroxyl groups is 1. The Bertz CT molecular complexity index is 999. The second-order valence-corrected chi connectivity index (χ2v) is 6.92. The summed E-state index contributed by atoms with van der Waals surface area (Å²) in [6, 6.07) is 6.86. The Labute approximate surface area is 153 Å². The molecule has 0 radical (unpaired) electrons. The summed E-state index contributed by atoms with van der Waals surface area (Å²) in [6.07, 6.45) is 1.56. The fraction of sp³-hybridized carbons (Fsp3) is 0.333. The Morgan fingerprint density at radius 3 is 2.96 bits per heavy atom. The predicted octanol–water partition coefficient (Wildman–Crippen LogP) is 1.82. The molecule has 4 rings (SSSR count). The molecular weight excluding hydrogens is 352 g/mol. The Balaban J connectivity index is 1.83. The third kappa shape index (κ3) is 2.81. The lowest BCUT2D eigenvalue weighted by molar-refractivity contribution is 0.0720. The first-order valence-corrected chi connectivity index (χ1v) is 9.44. The number of hydrogen-bond acceptors (Lipinski definition) is 6.